The van der Waals surface area contributed by atoms with Gasteiger partial charge in [-0.3, -0.25) is 0 Å². The van der Waals surface area contributed by atoms with Crippen LogP contribution in [0.5, 0.6) is 0 Å². The van der Waals surface area contributed by atoms with Crippen LogP contribution >= 0.6 is 0 Å². The molecule has 1 aliphatic rings. The first-order chi connectivity index (χ1) is 6.21. The fourth-order valence-electron chi connectivity index (χ4n) is 1.11. The van der Waals surface area contributed by atoms with Crippen LogP contribution in [0, 0.1) is 5.44 Å². The maximum absolute atomic E-state index is 13.0. The number of ether oxygens (including phenoxy) is 1. The van der Waals surface area contributed by atoms with Gasteiger partial charge in [0.1, 0.15) is 6.10 Å². The number of hydrogen-bond donors (Lipinski definition) is 2. The Morgan fingerprint density at radius 1 is 1.57 bits per heavy atom. The Morgan fingerprint density at radius 3 is 2.29 bits per heavy atom. The van der Waals surface area contributed by atoms with Crippen molar-refractivity contribution >= 4 is 9.84 Å². The SMILES string of the molecule is CS(=O)(=O)[C]1O[C@H](CO)[C@@H](O)C1(F)F. The third-order valence-electron chi connectivity index (χ3n) is 1.77. The van der Waals surface area contributed by atoms with Gasteiger partial charge in [0.05, 0.1) is 6.61 Å². The Balaban J connectivity index is 3.03. The molecule has 1 fully saturated rings. The van der Waals surface area contributed by atoms with Gasteiger partial charge in [-0.05, 0) is 0 Å². The van der Waals surface area contributed by atoms with E-state index in [0.29, 0.717) is 6.26 Å². The lowest BCUT2D eigenvalue weighted by molar-refractivity contribution is -0.0773. The van der Waals surface area contributed by atoms with Crippen molar-refractivity contribution in [1.29, 1.82) is 0 Å². The monoisotopic (exact) mass is 231 g/mol. The third kappa shape index (κ3) is 1.74. The van der Waals surface area contributed by atoms with Crippen LogP contribution in [0.2, 0.25) is 0 Å². The Labute approximate surface area is 79.2 Å². The second-order valence-electron chi connectivity index (χ2n) is 2.97. The van der Waals surface area contributed by atoms with Crippen molar-refractivity contribution in [3.8, 4) is 0 Å². The summed E-state index contributed by atoms with van der Waals surface area (Å²) >= 11 is 0. The van der Waals surface area contributed by atoms with Crippen LogP contribution in [-0.4, -0.2) is 49.6 Å². The molecule has 0 bridgehead atoms. The Bertz CT molecular complexity index is 314. The van der Waals surface area contributed by atoms with E-state index in [0.717, 1.165) is 0 Å². The second kappa shape index (κ2) is 3.37. The zero-order chi connectivity index (χ0) is 11.1. The highest BCUT2D eigenvalue weighted by atomic mass is 32.2. The van der Waals surface area contributed by atoms with Crippen molar-refractivity contribution in [1.82, 2.24) is 0 Å². The molecule has 1 rings (SSSR count). The number of alkyl halides is 2. The molecular formula is C6H9F2O5S. The first-order valence-electron chi connectivity index (χ1n) is 3.62. The molecule has 0 aliphatic carbocycles. The lowest BCUT2D eigenvalue weighted by atomic mass is 10.1. The number of rotatable bonds is 2. The van der Waals surface area contributed by atoms with Crippen LogP contribution in [0.15, 0.2) is 0 Å². The van der Waals surface area contributed by atoms with Crippen LogP contribution in [0.3, 0.4) is 0 Å². The lowest BCUT2D eigenvalue weighted by Gasteiger charge is -2.16. The molecule has 1 radical (unpaired) electrons. The van der Waals surface area contributed by atoms with Gasteiger partial charge >= 0.3 is 5.92 Å². The van der Waals surface area contributed by atoms with Gasteiger partial charge in [0.25, 0.3) is 5.44 Å². The number of halogens is 2. The van der Waals surface area contributed by atoms with E-state index in [-0.39, 0.29) is 0 Å². The molecule has 2 atom stereocenters. The predicted molar refractivity (Wildman–Crippen MR) is 41.0 cm³/mol. The number of hydrogen-bond acceptors (Lipinski definition) is 5. The lowest BCUT2D eigenvalue weighted by Crippen LogP contribution is -2.39. The molecule has 8 heteroatoms. The van der Waals surface area contributed by atoms with Crippen LogP contribution in [0.4, 0.5) is 8.78 Å². The van der Waals surface area contributed by atoms with Gasteiger partial charge in [0.2, 0.25) is 0 Å². The Morgan fingerprint density at radius 2 is 2.07 bits per heavy atom. The van der Waals surface area contributed by atoms with Gasteiger partial charge in [0, 0.05) is 6.26 Å². The molecular weight excluding hydrogens is 222 g/mol. The topological polar surface area (TPSA) is 83.8 Å². The van der Waals surface area contributed by atoms with Gasteiger partial charge in [0.15, 0.2) is 15.9 Å². The van der Waals surface area contributed by atoms with Crippen LogP contribution in [-0.2, 0) is 14.6 Å². The van der Waals surface area contributed by atoms with Gasteiger partial charge in [-0.25, -0.2) is 8.42 Å². The highest BCUT2D eigenvalue weighted by Crippen LogP contribution is 2.43. The highest BCUT2D eigenvalue weighted by Gasteiger charge is 2.63. The summed E-state index contributed by atoms with van der Waals surface area (Å²) in [6.07, 6.45) is -3.39. The summed E-state index contributed by atoms with van der Waals surface area (Å²) in [4.78, 5) is 0. The molecule has 0 saturated carbocycles. The van der Waals surface area contributed by atoms with Gasteiger partial charge in [-0.1, -0.05) is 0 Å². The maximum atomic E-state index is 13.0. The van der Waals surface area contributed by atoms with E-state index in [1.807, 2.05) is 0 Å². The van der Waals surface area contributed by atoms with E-state index >= 15 is 0 Å². The van der Waals surface area contributed by atoms with Crippen LogP contribution in [0.1, 0.15) is 0 Å². The molecule has 14 heavy (non-hydrogen) atoms. The number of aliphatic hydroxyl groups is 2. The number of sulfone groups is 1. The van der Waals surface area contributed by atoms with Gasteiger partial charge in [-0.2, -0.15) is 8.78 Å². The summed E-state index contributed by atoms with van der Waals surface area (Å²) in [5.41, 5.74) is -1.49. The summed E-state index contributed by atoms with van der Waals surface area (Å²) in [7, 11) is -4.21. The minimum Gasteiger partial charge on any atom is -0.394 e. The molecule has 0 unspecified atom stereocenters. The Kier molecular flexibility index (Phi) is 2.83. The first kappa shape index (κ1) is 11.8. The van der Waals surface area contributed by atoms with Gasteiger partial charge < -0.3 is 14.9 Å². The fraction of sp³-hybridized carbons (Fsp3) is 0.833. The molecule has 0 amide bonds. The second-order valence-corrected chi connectivity index (χ2v) is 4.88. The molecule has 1 aliphatic heterocycles. The molecule has 2 N–H and O–H groups in total. The van der Waals surface area contributed by atoms with E-state index in [2.05, 4.69) is 4.74 Å². The van der Waals surface area contributed by atoms with E-state index < -0.39 is 40.0 Å². The average Bonchev–Trinajstić information content (AvgIpc) is 2.23. The summed E-state index contributed by atoms with van der Waals surface area (Å²) in [6, 6.07) is 0. The van der Waals surface area contributed by atoms with Crippen molar-refractivity contribution in [3.63, 3.8) is 0 Å². The molecule has 0 aromatic heterocycles. The van der Waals surface area contributed by atoms with Crippen molar-refractivity contribution in [2.45, 2.75) is 18.1 Å². The third-order valence-corrected chi connectivity index (χ3v) is 2.81. The van der Waals surface area contributed by atoms with Crippen LogP contribution in [0.25, 0.3) is 0 Å². The molecule has 1 saturated heterocycles. The summed E-state index contributed by atoms with van der Waals surface area (Å²) in [6.45, 7) is -0.879. The molecule has 1 heterocycles. The first-order valence-corrected chi connectivity index (χ1v) is 5.51. The molecule has 83 valence electrons. The molecule has 0 spiro atoms. The Hall–Kier alpha value is -0.310. The smallest absolute Gasteiger partial charge is 0.322 e. The van der Waals surface area contributed by atoms with Crippen molar-refractivity contribution in [3.05, 3.63) is 5.44 Å². The fourth-order valence-corrected chi connectivity index (χ4v) is 2.02. The highest BCUT2D eigenvalue weighted by molar-refractivity contribution is 7.93. The van der Waals surface area contributed by atoms with Crippen molar-refractivity contribution < 1.29 is 32.1 Å². The van der Waals surface area contributed by atoms with Crippen molar-refractivity contribution in [2.75, 3.05) is 12.9 Å². The van der Waals surface area contributed by atoms with E-state index in [1.54, 1.807) is 0 Å². The normalized spacial score (nSPS) is 33.5. The molecule has 5 nitrogen and oxygen atoms in total. The minimum atomic E-state index is -4.21. The van der Waals surface area contributed by atoms with Crippen molar-refractivity contribution in [2.24, 2.45) is 0 Å². The zero-order valence-electron chi connectivity index (χ0n) is 7.15. The summed E-state index contributed by atoms with van der Waals surface area (Å²) in [5, 5.41) is 17.5. The van der Waals surface area contributed by atoms with Gasteiger partial charge in [-0.15, -0.1) is 0 Å². The quantitative estimate of drug-likeness (QED) is 0.630. The summed E-state index contributed by atoms with van der Waals surface area (Å²) < 4.78 is 52.0. The maximum Gasteiger partial charge on any atom is 0.322 e. The standard InChI is InChI=1S/C6H9F2O5S/c1-14(11,12)5-6(7,8)4(10)3(2-9)13-5/h3-4,9-10H,2H2,1H3/t3-,4-/m1/s1. The summed E-state index contributed by atoms with van der Waals surface area (Å²) in [5.74, 6) is -3.97. The predicted octanol–water partition coefficient (Wildman–Crippen LogP) is -1.09. The molecule has 0 aromatic rings. The molecule has 0 aromatic carbocycles. The largest absolute Gasteiger partial charge is 0.394 e. The van der Waals surface area contributed by atoms with E-state index in [4.69, 9.17) is 10.2 Å². The average molecular weight is 231 g/mol. The van der Waals surface area contributed by atoms with Crippen LogP contribution < -0.4 is 0 Å². The zero-order valence-corrected chi connectivity index (χ0v) is 7.96. The minimum absolute atomic E-state index is 0.544. The van der Waals surface area contributed by atoms with E-state index in [1.165, 1.54) is 0 Å². The van der Waals surface area contributed by atoms with E-state index in [9.17, 15) is 17.2 Å². The number of aliphatic hydroxyl groups excluding tert-OH is 2.